The molecule has 0 spiro atoms. The number of ether oxygens (including phenoxy) is 2. The molecule has 0 heterocycles. The zero-order valence-corrected chi connectivity index (χ0v) is 13.4. The monoisotopic (exact) mass is 304 g/mol. The molecule has 20 heavy (non-hydrogen) atoms. The second kappa shape index (κ2) is 15.8. The van der Waals surface area contributed by atoms with Gasteiger partial charge in [0.25, 0.3) is 0 Å². The van der Waals surface area contributed by atoms with Gasteiger partial charge in [0.05, 0.1) is 12.9 Å². The van der Waals surface area contributed by atoms with Gasteiger partial charge in [0.15, 0.2) is 0 Å². The molecule has 0 bridgehead atoms. The van der Waals surface area contributed by atoms with E-state index in [-0.39, 0.29) is 5.82 Å². The van der Waals surface area contributed by atoms with E-state index in [2.05, 4.69) is 5.73 Å². The van der Waals surface area contributed by atoms with Crippen molar-refractivity contribution in [2.45, 2.75) is 19.6 Å². The summed E-state index contributed by atoms with van der Waals surface area (Å²) in [5.41, 5.74) is 5.10. The standard InChI is InChI=1S/C11H15FO2S.C2H6.CH4N2/c1-13-5-6-14-10-4-3-9(8-15-2)11(12)7-10;1-2;2-1-3/h3-4,7H,5-6,8H2,1-2H3;1-2H3;1H,(H3,2,3). The van der Waals surface area contributed by atoms with Crippen LogP contribution in [0.5, 0.6) is 5.75 Å². The van der Waals surface area contributed by atoms with Crippen molar-refractivity contribution in [3.8, 4) is 5.75 Å². The van der Waals surface area contributed by atoms with Crippen molar-refractivity contribution >= 4 is 18.1 Å². The third-order valence-corrected chi connectivity index (χ3v) is 2.48. The molecule has 0 aliphatic rings. The maximum atomic E-state index is 13.4. The molecule has 1 aromatic carbocycles. The normalized spacial score (nSPS) is 8.65. The first kappa shape index (κ1) is 21.0. The summed E-state index contributed by atoms with van der Waals surface area (Å²) in [5, 5.41) is 5.86. The first-order valence-corrected chi connectivity index (χ1v) is 7.68. The summed E-state index contributed by atoms with van der Waals surface area (Å²) in [7, 11) is 1.60. The van der Waals surface area contributed by atoms with Crippen LogP contribution in [0.15, 0.2) is 18.2 Å². The van der Waals surface area contributed by atoms with Crippen molar-refractivity contribution in [2.75, 3.05) is 26.6 Å². The van der Waals surface area contributed by atoms with Crippen LogP contribution in [0, 0.1) is 11.2 Å². The van der Waals surface area contributed by atoms with E-state index in [1.54, 1.807) is 31.0 Å². The van der Waals surface area contributed by atoms with Crippen LogP contribution in [-0.4, -0.2) is 32.9 Å². The quantitative estimate of drug-likeness (QED) is 0.481. The highest BCUT2D eigenvalue weighted by molar-refractivity contribution is 7.97. The number of nitrogens with one attached hydrogen (secondary N) is 1. The second-order valence-electron chi connectivity index (χ2n) is 3.19. The van der Waals surface area contributed by atoms with Gasteiger partial charge in [-0.1, -0.05) is 19.9 Å². The van der Waals surface area contributed by atoms with Crippen molar-refractivity contribution in [1.82, 2.24) is 0 Å². The molecule has 0 fully saturated rings. The van der Waals surface area contributed by atoms with Crippen LogP contribution >= 0.6 is 11.8 Å². The van der Waals surface area contributed by atoms with E-state index in [4.69, 9.17) is 14.9 Å². The Bertz CT molecular complexity index is 352. The average Bonchev–Trinajstić information content (AvgIpc) is 2.45. The highest BCUT2D eigenvalue weighted by Crippen LogP contribution is 2.19. The molecule has 0 aliphatic heterocycles. The summed E-state index contributed by atoms with van der Waals surface area (Å²) in [4.78, 5) is 0. The molecule has 0 aromatic heterocycles. The van der Waals surface area contributed by atoms with E-state index < -0.39 is 0 Å². The predicted molar refractivity (Wildman–Crippen MR) is 85.3 cm³/mol. The molecule has 0 unspecified atom stereocenters. The number of hydrogen-bond donors (Lipinski definition) is 2. The lowest BCUT2D eigenvalue weighted by Crippen LogP contribution is -2.04. The van der Waals surface area contributed by atoms with E-state index in [0.29, 0.717) is 30.3 Å². The fourth-order valence-corrected chi connectivity index (χ4v) is 1.68. The Labute approximate surface area is 125 Å². The molecule has 1 rings (SSSR count). The highest BCUT2D eigenvalue weighted by Gasteiger charge is 2.03. The third-order valence-electron chi connectivity index (χ3n) is 1.88. The van der Waals surface area contributed by atoms with Crippen LogP contribution in [0.2, 0.25) is 0 Å². The minimum absolute atomic E-state index is 0.209. The molecular weight excluding hydrogens is 279 g/mol. The van der Waals surface area contributed by atoms with E-state index in [1.807, 2.05) is 20.1 Å². The lowest BCUT2D eigenvalue weighted by atomic mass is 10.2. The predicted octanol–water partition coefficient (Wildman–Crippen LogP) is 3.29. The van der Waals surface area contributed by atoms with Gasteiger partial charge in [-0.3, -0.25) is 5.41 Å². The van der Waals surface area contributed by atoms with Crippen molar-refractivity contribution in [1.29, 1.82) is 5.41 Å². The fourth-order valence-electron chi connectivity index (χ4n) is 1.13. The summed E-state index contributed by atoms with van der Waals surface area (Å²) in [6.45, 7) is 4.95. The van der Waals surface area contributed by atoms with Gasteiger partial charge in [-0.2, -0.15) is 11.8 Å². The Morgan fingerprint density at radius 3 is 2.40 bits per heavy atom. The Hall–Kier alpha value is -1.27. The van der Waals surface area contributed by atoms with E-state index in [0.717, 1.165) is 6.34 Å². The summed E-state index contributed by atoms with van der Waals surface area (Å²) in [6, 6.07) is 4.96. The topological polar surface area (TPSA) is 68.3 Å². The van der Waals surface area contributed by atoms with Gasteiger partial charge in [0.2, 0.25) is 0 Å². The number of rotatable bonds is 6. The van der Waals surface area contributed by atoms with Gasteiger partial charge in [0, 0.05) is 18.9 Å². The molecule has 0 atom stereocenters. The lowest BCUT2D eigenvalue weighted by Gasteiger charge is -2.07. The van der Waals surface area contributed by atoms with E-state index >= 15 is 0 Å². The number of thioether (sulfide) groups is 1. The minimum Gasteiger partial charge on any atom is -0.491 e. The van der Waals surface area contributed by atoms with Crippen LogP contribution < -0.4 is 10.5 Å². The Kier molecular flexibility index (Phi) is 16.6. The van der Waals surface area contributed by atoms with Crippen molar-refractivity contribution in [2.24, 2.45) is 5.73 Å². The first-order chi connectivity index (χ1) is 9.69. The molecule has 0 radical (unpaired) electrons. The van der Waals surface area contributed by atoms with Gasteiger partial charge in [-0.15, -0.1) is 0 Å². The van der Waals surface area contributed by atoms with Gasteiger partial charge < -0.3 is 15.2 Å². The van der Waals surface area contributed by atoms with Gasteiger partial charge in [-0.25, -0.2) is 4.39 Å². The fraction of sp³-hybridized carbons (Fsp3) is 0.500. The SMILES string of the molecule is CC.COCCOc1ccc(CSC)c(F)c1.N=CN. The van der Waals surface area contributed by atoms with E-state index in [1.165, 1.54) is 6.07 Å². The Morgan fingerprint density at radius 2 is 1.95 bits per heavy atom. The molecule has 3 N–H and O–H groups in total. The number of halogens is 1. The highest BCUT2D eigenvalue weighted by atomic mass is 32.2. The maximum Gasteiger partial charge on any atom is 0.130 e. The number of methoxy groups -OCH3 is 1. The first-order valence-electron chi connectivity index (χ1n) is 6.29. The van der Waals surface area contributed by atoms with Gasteiger partial charge >= 0.3 is 0 Å². The third kappa shape index (κ3) is 10.6. The second-order valence-corrected chi connectivity index (χ2v) is 4.06. The summed E-state index contributed by atoms with van der Waals surface area (Å²) in [5.74, 6) is 1.03. The Morgan fingerprint density at radius 1 is 1.35 bits per heavy atom. The Balaban J connectivity index is 0. The van der Waals surface area contributed by atoms with Crippen molar-refractivity contribution in [3.63, 3.8) is 0 Å². The zero-order valence-electron chi connectivity index (χ0n) is 12.6. The molecular formula is C14H25FN2O2S. The molecule has 6 heteroatoms. The van der Waals surface area contributed by atoms with Crippen LogP contribution in [0.1, 0.15) is 19.4 Å². The molecule has 1 aromatic rings. The summed E-state index contributed by atoms with van der Waals surface area (Å²) < 4.78 is 23.5. The van der Waals surface area contributed by atoms with Crippen molar-refractivity contribution in [3.05, 3.63) is 29.6 Å². The molecule has 0 aliphatic carbocycles. The number of nitrogens with two attached hydrogens (primary N) is 1. The number of hydrogen-bond acceptors (Lipinski definition) is 4. The maximum absolute atomic E-state index is 13.4. The average molecular weight is 304 g/mol. The van der Waals surface area contributed by atoms with Crippen LogP contribution in [-0.2, 0) is 10.5 Å². The number of benzene rings is 1. The molecule has 0 amide bonds. The minimum atomic E-state index is -0.209. The van der Waals surface area contributed by atoms with Crippen LogP contribution in [0.4, 0.5) is 4.39 Å². The van der Waals surface area contributed by atoms with Gasteiger partial charge in [0.1, 0.15) is 18.2 Å². The zero-order chi connectivity index (χ0) is 15.8. The largest absolute Gasteiger partial charge is 0.491 e. The summed E-state index contributed by atoms with van der Waals surface area (Å²) in [6.07, 6.45) is 2.70. The van der Waals surface area contributed by atoms with Crippen molar-refractivity contribution < 1.29 is 13.9 Å². The summed E-state index contributed by atoms with van der Waals surface area (Å²) >= 11 is 1.60. The van der Waals surface area contributed by atoms with Crippen LogP contribution in [0.25, 0.3) is 0 Å². The van der Waals surface area contributed by atoms with E-state index in [9.17, 15) is 4.39 Å². The van der Waals surface area contributed by atoms with Crippen LogP contribution in [0.3, 0.4) is 0 Å². The lowest BCUT2D eigenvalue weighted by molar-refractivity contribution is 0.146. The molecule has 116 valence electrons. The molecule has 0 saturated heterocycles. The molecule has 4 nitrogen and oxygen atoms in total. The molecule has 0 saturated carbocycles. The smallest absolute Gasteiger partial charge is 0.130 e. The van der Waals surface area contributed by atoms with Gasteiger partial charge in [-0.05, 0) is 17.9 Å².